The number of nitrogens with zero attached hydrogens (tertiary/aromatic N) is 3. The Bertz CT molecular complexity index is 1060. The highest BCUT2D eigenvalue weighted by Gasteiger charge is 2.42. The second-order valence-corrected chi connectivity index (χ2v) is 7.50. The van der Waals surface area contributed by atoms with Gasteiger partial charge in [-0.1, -0.05) is 29.6 Å². The van der Waals surface area contributed by atoms with Crippen LogP contribution in [0.15, 0.2) is 47.1 Å². The molecule has 1 saturated carbocycles. The lowest BCUT2D eigenvalue weighted by molar-refractivity contribution is -0.274. The molecule has 1 aromatic carbocycles. The van der Waals surface area contributed by atoms with Gasteiger partial charge in [0.2, 0.25) is 5.82 Å². The van der Waals surface area contributed by atoms with Crippen LogP contribution in [0, 0.1) is 0 Å². The summed E-state index contributed by atoms with van der Waals surface area (Å²) in [6, 6.07) is 8.22. The van der Waals surface area contributed by atoms with E-state index in [2.05, 4.69) is 25.2 Å². The fourth-order valence-electron chi connectivity index (χ4n) is 3.51. The number of hydrogen-bond donors (Lipinski definition) is 1. The highest BCUT2D eigenvalue weighted by atomic mass is 35.5. The summed E-state index contributed by atoms with van der Waals surface area (Å²) >= 11 is 5.77. The second kappa shape index (κ2) is 8.18. The van der Waals surface area contributed by atoms with E-state index in [1.807, 2.05) is 0 Å². The summed E-state index contributed by atoms with van der Waals surface area (Å²) < 4.78 is 46.3. The molecule has 4 rings (SSSR count). The highest BCUT2D eigenvalue weighted by molar-refractivity contribution is 6.29. The van der Waals surface area contributed by atoms with Gasteiger partial charge in [-0.25, -0.2) is 4.98 Å². The summed E-state index contributed by atoms with van der Waals surface area (Å²) in [5, 5.41) is 7.20. The van der Waals surface area contributed by atoms with Crippen LogP contribution in [0.25, 0.3) is 11.4 Å². The fourth-order valence-corrected chi connectivity index (χ4v) is 3.62. The molecule has 0 unspecified atom stereocenters. The summed E-state index contributed by atoms with van der Waals surface area (Å²) in [6.07, 6.45) is -0.447. The molecule has 162 valence electrons. The lowest BCUT2D eigenvalue weighted by Gasteiger charge is -2.26. The molecule has 0 aliphatic heterocycles. The molecule has 7 nitrogen and oxygen atoms in total. The molecule has 1 fully saturated rings. The maximum absolute atomic E-state index is 12.7. The van der Waals surface area contributed by atoms with E-state index in [4.69, 9.17) is 16.1 Å². The van der Waals surface area contributed by atoms with Crippen molar-refractivity contribution in [2.75, 3.05) is 0 Å². The first-order chi connectivity index (χ1) is 14.7. The molecular weight excluding hydrogens is 437 g/mol. The molecule has 0 bridgehead atoms. The molecule has 3 aromatic rings. The zero-order valence-electron chi connectivity index (χ0n) is 15.9. The highest BCUT2D eigenvalue weighted by Crippen LogP contribution is 2.39. The molecule has 0 saturated heterocycles. The van der Waals surface area contributed by atoms with Crippen LogP contribution in [0.4, 0.5) is 13.2 Å². The number of aromatic nitrogens is 3. The lowest BCUT2D eigenvalue weighted by Crippen LogP contribution is -2.44. The zero-order chi connectivity index (χ0) is 22.1. The number of amides is 1. The van der Waals surface area contributed by atoms with Gasteiger partial charge in [0.1, 0.15) is 16.4 Å². The quantitative estimate of drug-likeness (QED) is 0.555. The van der Waals surface area contributed by atoms with Crippen molar-refractivity contribution in [3.8, 4) is 17.1 Å². The Morgan fingerprint density at radius 2 is 1.84 bits per heavy atom. The third-order valence-electron chi connectivity index (χ3n) is 4.98. The maximum atomic E-state index is 12.7. The Labute approximate surface area is 179 Å². The minimum Gasteiger partial charge on any atom is -0.406 e. The SMILES string of the molecule is O=C(NC1(c2nc(-c3ccc(OC(F)(F)F)cc3)no2)CCCC1)c1ccc(Cl)nc1. The molecule has 1 amide bonds. The molecular formula is C20H16ClF3N4O3. The average molecular weight is 453 g/mol. The van der Waals surface area contributed by atoms with Crippen molar-refractivity contribution in [2.24, 2.45) is 0 Å². The van der Waals surface area contributed by atoms with Crippen molar-refractivity contribution in [3.63, 3.8) is 0 Å². The van der Waals surface area contributed by atoms with Crippen LogP contribution >= 0.6 is 11.6 Å². The third kappa shape index (κ3) is 4.79. The third-order valence-corrected chi connectivity index (χ3v) is 5.20. The smallest absolute Gasteiger partial charge is 0.406 e. The first kappa shape index (κ1) is 21.1. The topological polar surface area (TPSA) is 90.1 Å². The van der Waals surface area contributed by atoms with Gasteiger partial charge in [0.15, 0.2) is 0 Å². The van der Waals surface area contributed by atoms with E-state index < -0.39 is 11.9 Å². The standard InChI is InChI=1S/C20H16ClF3N4O3/c21-15-8-5-13(11-25-15)17(29)27-19(9-1-2-10-19)18-26-16(28-31-18)12-3-6-14(7-4-12)30-20(22,23)24/h3-8,11H,1-2,9-10H2,(H,27,29). The Balaban J connectivity index is 1.55. The van der Waals surface area contributed by atoms with Gasteiger partial charge in [0.05, 0.1) is 5.56 Å². The Morgan fingerprint density at radius 3 is 2.45 bits per heavy atom. The van der Waals surface area contributed by atoms with Gasteiger partial charge >= 0.3 is 6.36 Å². The molecule has 1 aliphatic rings. The van der Waals surface area contributed by atoms with Gasteiger partial charge < -0.3 is 14.6 Å². The van der Waals surface area contributed by atoms with E-state index in [1.54, 1.807) is 6.07 Å². The summed E-state index contributed by atoms with van der Waals surface area (Å²) in [4.78, 5) is 21.1. The summed E-state index contributed by atoms with van der Waals surface area (Å²) in [7, 11) is 0. The number of pyridine rings is 1. The normalized spacial score (nSPS) is 15.6. The number of rotatable bonds is 5. The van der Waals surface area contributed by atoms with E-state index in [9.17, 15) is 18.0 Å². The van der Waals surface area contributed by atoms with Gasteiger partial charge in [-0.05, 0) is 49.2 Å². The van der Waals surface area contributed by atoms with E-state index >= 15 is 0 Å². The van der Waals surface area contributed by atoms with E-state index in [0.29, 0.717) is 24.0 Å². The van der Waals surface area contributed by atoms with Crippen molar-refractivity contribution in [1.82, 2.24) is 20.4 Å². The summed E-state index contributed by atoms with van der Waals surface area (Å²) in [6.45, 7) is 0. The van der Waals surface area contributed by atoms with Crippen LogP contribution in [0.1, 0.15) is 41.9 Å². The van der Waals surface area contributed by atoms with Gasteiger partial charge in [0.25, 0.3) is 11.8 Å². The van der Waals surface area contributed by atoms with Crippen molar-refractivity contribution in [1.29, 1.82) is 0 Å². The van der Waals surface area contributed by atoms with Crippen LogP contribution in [0.3, 0.4) is 0 Å². The molecule has 2 heterocycles. The monoisotopic (exact) mass is 452 g/mol. The minimum absolute atomic E-state index is 0.197. The zero-order valence-corrected chi connectivity index (χ0v) is 16.7. The number of carbonyl (C=O) groups excluding carboxylic acids is 1. The van der Waals surface area contributed by atoms with Crippen LogP contribution in [0.2, 0.25) is 5.15 Å². The van der Waals surface area contributed by atoms with Crippen LogP contribution in [0.5, 0.6) is 5.75 Å². The van der Waals surface area contributed by atoms with Crippen molar-refractivity contribution < 1.29 is 27.2 Å². The number of hydrogen-bond acceptors (Lipinski definition) is 6. The summed E-state index contributed by atoms with van der Waals surface area (Å²) in [5.74, 6) is -0.260. The number of halogens is 4. The fraction of sp³-hybridized carbons (Fsp3) is 0.300. The molecule has 0 radical (unpaired) electrons. The second-order valence-electron chi connectivity index (χ2n) is 7.11. The van der Waals surface area contributed by atoms with E-state index in [0.717, 1.165) is 12.8 Å². The number of nitrogens with one attached hydrogen (secondary N) is 1. The Kier molecular flexibility index (Phi) is 5.57. The largest absolute Gasteiger partial charge is 0.573 e. The number of ether oxygens (including phenoxy) is 1. The van der Waals surface area contributed by atoms with Crippen LogP contribution < -0.4 is 10.1 Å². The van der Waals surface area contributed by atoms with Gasteiger partial charge in [-0.3, -0.25) is 4.79 Å². The van der Waals surface area contributed by atoms with Crippen molar-refractivity contribution in [2.45, 2.75) is 37.6 Å². The lowest BCUT2D eigenvalue weighted by atomic mass is 9.96. The number of alkyl halides is 3. The molecule has 1 N–H and O–H groups in total. The van der Waals surface area contributed by atoms with Crippen LogP contribution in [-0.4, -0.2) is 27.4 Å². The molecule has 11 heteroatoms. The van der Waals surface area contributed by atoms with Crippen molar-refractivity contribution >= 4 is 17.5 Å². The van der Waals surface area contributed by atoms with Gasteiger partial charge in [0, 0.05) is 11.8 Å². The molecule has 31 heavy (non-hydrogen) atoms. The first-order valence-corrected chi connectivity index (χ1v) is 9.76. The van der Waals surface area contributed by atoms with E-state index in [-0.39, 0.29) is 28.5 Å². The van der Waals surface area contributed by atoms with Crippen molar-refractivity contribution in [3.05, 3.63) is 59.2 Å². The predicted octanol–water partition coefficient (Wildman–Crippen LogP) is 4.88. The summed E-state index contributed by atoms with van der Waals surface area (Å²) in [5.41, 5.74) is -0.0389. The van der Waals surface area contributed by atoms with Crippen LogP contribution in [-0.2, 0) is 5.54 Å². The maximum Gasteiger partial charge on any atom is 0.573 e. The molecule has 2 aromatic heterocycles. The average Bonchev–Trinajstić information content (AvgIpc) is 3.38. The van der Waals surface area contributed by atoms with Gasteiger partial charge in [-0.2, -0.15) is 4.98 Å². The molecule has 1 aliphatic carbocycles. The Hall–Kier alpha value is -3.14. The van der Waals surface area contributed by atoms with Gasteiger partial charge in [-0.15, -0.1) is 13.2 Å². The Morgan fingerprint density at radius 1 is 1.13 bits per heavy atom. The predicted molar refractivity (Wildman–Crippen MR) is 103 cm³/mol. The number of benzene rings is 1. The van der Waals surface area contributed by atoms with E-state index in [1.165, 1.54) is 36.5 Å². The minimum atomic E-state index is -4.77. The first-order valence-electron chi connectivity index (χ1n) is 9.39. The number of carbonyl (C=O) groups is 1. The molecule has 0 atom stereocenters. The molecule has 0 spiro atoms.